The molecule has 1 aliphatic rings. The van der Waals surface area contributed by atoms with Crippen molar-refractivity contribution in [2.24, 2.45) is 0 Å². The molecule has 0 amide bonds. The summed E-state index contributed by atoms with van der Waals surface area (Å²) in [5.41, 5.74) is 2.66. The van der Waals surface area contributed by atoms with Crippen molar-refractivity contribution >= 4 is 11.8 Å². The molecule has 1 N–H and O–H groups in total. The van der Waals surface area contributed by atoms with Crippen molar-refractivity contribution in [3.05, 3.63) is 53.5 Å². The first-order chi connectivity index (χ1) is 9.66. The topological polar surface area (TPSA) is 66.3 Å². The number of aryl methyl sites for hydroxylation is 1. The largest absolute Gasteiger partial charge is 0.476 e. The average Bonchev–Trinajstić information content (AvgIpc) is 2.90. The van der Waals surface area contributed by atoms with E-state index in [2.05, 4.69) is 33.1 Å². The van der Waals surface area contributed by atoms with E-state index in [0.717, 1.165) is 12.8 Å². The molecule has 5 heteroatoms. The standard InChI is InChI=1S/C15H15N3O2/c1-18(14-9-16-12(8-17-14)15(19)20)13-7-6-10-4-2-3-5-11(10)13/h2-5,8-9,13H,6-7H2,1H3,(H,19,20). The minimum absolute atomic E-state index is 0.0334. The average molecular weight is 269 g/mol. The normalized spacial score (nSPS) is 16.8. The predicted octanol–water partition coefficient (Wildman–Crippen LogP) is 2.30. The molecule has 0 fully saturated rings. The number of anilines is 1. The van der Waals surface area contributed by atoms with Crippen LogP contribution in [0.2, 0.25) is 0 Å². The molecule has 0 bridgehead atoms. The van der Waals surface area contributed by atoms with Crippen molar-refractivity contribution in [1.29, 1.82) is 0 Å². The number of aromatic nitrogens is 2. The van der Waals surface area contributed by atoms with Gasteiger partial charge < -0.3 is 10.0 Å². The van der Waals surface area contributed by atoms with E-state index in [1.54, 1.807) is 0 Å². The fraction of sp³-hybridized carbons (Fsp3) is 0.267. The van der Waals surface area contributed by atoms with Crippen molar-refractivity contribution < 1.29 is 9.90 Å². The Bertz CT molecular complexity index is 640. The van der Waals surface area contributed by atoms with Gasteiger partial charge in [0.05, 0.1) is 18.4 Å². The minimum Gasteiger partial charge on any atom is -0.476 e. The van der Waals surface area contributed by atoms with Crippen molar-refractivity contribution in [3.8, 4) is 0 Å². The molecule has 3 rings (SSSR count). The van der Waals surface area contributed by atoms with Crippen LogP contribution < -0.4 is 4.90 Å². The van der Waals surface area contributed by atoms with Crippen LogP contribution in [0.1, 0.15) is 34.1 Å². The number of carbonyl (C=O) groups is 1. The number of nitrogens with zero attached hydrogens (tertiary/aromatic N) is 3. The molecule has 0 spiro atoms. The zero-order chi connectivity index (χ0) is 14.1. The summed E-state index contributed by atoms with van der Waals surface area (Å²) < 4.78 is 0. The number of carboxylic acid groups (broad SMARTS) is 1. The second kappa shape index (κ2) is 4.92. The number of hydrogen-bond acceptors (Lipinski definition) is 4. The lowest BCUT2D eigenvalue weighted by molar-refractivity contribution is 0.0690. The van der Waals surface area contributed by atoms with E-state index in [1.165, 1.54) is 23.5 Å². The van der Waals surface area contributed by atoms with Gasteiger partial charge in [0.2, 0.25) is 0 Å². The monoisotopic (exact) mass is 269 g/mol. The van der Waals surface area contributed by atoms with Gasteiger partial charge in [0.25, 0.3) is 0 Å². The number of rotatable bonds is 3. The SMILES string of the molecule is CN(c1cnc(C(=O)O)cn1)C1CCc2ccccc21. The lowest BCUT2D eigenvalue weighted by Crippen LogP contribution is -2.23. The highest BCUT2D eigenvalue weighted by atomic mass is 16.4. The third-order valence-electron chi connectivity index (χ3n) is 3.79. The van der Waals surface area contributed by atoms with E-state index in [4.69, 9.17) is 5.11 Å². The molecular formula is C15H15N3O2. The van der Waals surface area contributed by atoms with E-state index >= 15 is 0 Å². The van der Waals surface area contributed by atoms with Gasteiger partial charge in [-0.2, -0.15) is 0 Å². The van der Waals surface area contributed by atoms with Gasteiger partial charge in [-0.15, -0.1) is 0 Å². The Labute approximate surface area is 116 Å². The number of benzene rings is 1. The van der Waals surface area contributed by atoms with E-state index in [9.17, 15) is 4.79 Å². The molecule has 2 aromatic rings. The van der Waals surface area contributed by atoms with Crippen LogP contribution in [0.5, 0.6) is 0 Å². The second-order valence-corrected chi connectivity index (χ2v) is 4.93. The summed E-state index contributed by atoms with van der Waals surface area (Å²) in [5, 5.41) is 8.84. The van der Waals surface area contributed by atoms with E-state index in [1.807, 2.05) is 13.1 Å². The molecule has 1 unspecified atom stereocenters. The van der Waals surface area contributed by atoms with E-state index in [0.29, 0.717) is 5.82 Å². The predicted molar refractivity (Wildman–Crippen MR) is 74.9 cm³/mol. The molecule has 0 saturated heterocycles. The Morgan fingerprint density at radius 1 is 1.30 bits per heavy atom. The van der Waals surface area contributed by atoms with Gasteiger partial charge in [-0.1, -0.05) is 24.3 Å². The van der Waals surface area contributed by atoms with Crippen molar-refractivity contribution in [2.45, 2.75) is 18.9 Å². The summed E-state index contributed by atoms with van der Waals surface area (Å²) in [7, 11) is 1.97. The first-order valence-corrected chi connectivity index (χ1v) is 6.53. The van der Waals surface area contributed by atoms with Crippen molar-refractivity contribution in [1.82, 2.24) is 9.97 Å². The Hall–Kier alpha value is -2.43. The number of carboxylic acids is 1. The molecule has 1 aromatic carbocycles. The van der Waals surface area contributed by atoms with Crippen LogP contribution in [0, 0.1) is 0 Å². The first kappa shape index (κ1) is 12.6. The van der Waals surface area contributed by atoms with Crippen molar-refractivity contribution in [2.75, 3.05) is 11.9 Å². The Morgan fingerprint density at radius 3 is 2.80 bits per heavy atom. The van der Waals surface area contributed by atoms with Crippen LogP contribution in [0.15, 0.2) is 36.7 Å². The Morgan fingerprint density at radius 2 is 2.10 bits per heavy atom. The Kier molecular flexibility index (Phi) is 3.10. The second-order valence-electron chi connectivity index (χ2n) is 4.93. The van der Waals surface area contributed by atoms with Crippen molar-refractivity contribution in [3.63, 3.8) is 0 Å². The van der Waals surface area contributed by atoms with Gasteiger partial charge in [-0.3, -0.25) is 0 Å². The quantitative estimate of drug-likeness (QED) is 0.926. The van der Waals surface area contributed by atoms with Gasteiger partial charge in [0.1, 0.15) is 5.82 Å². The van der Waals surface area contributed by atoms with Gasteiger partial charge in [0.15, 0.2) is 5.69 Å². The van der Waals surface area contributed by atoms with Crippen LogP contribution in [0.4, 0.5) is 5.82 Å². The van der Waals surface area contributed by atoms with E-state index < -0.39 is 5.97 Å². The van der Waals surface area contributed by atoms with Gasteiger partial charge in [-0.25, -0.2) is 14.8 Å². The summed E-state index contributed by atoms with van der Waals surface area (Å²) >= 11 is 0. The van der Waals surface area contributed by atoms with Gasteiger partial charge >= 0.3 is 5.97 Å². The van der Waals surface area contributed by atoms with Gasteiger partial charge in [0, 0.05) is 7.05 Å². The first-order valence-electron chi connectivity index (χ1n) is 6.53. The summed E-state index contributed by atoms with van der Waals surface area (Å²) in [5.74, 6) is -0.366. The lowest BCUT2D eigenvalue weighted by Gasteiger charge is -2.26. The summed E-state index contributed by atoms with van der Waals surface area (Å²) in [6.07, 6.45) is 4.92. The fourth-order valence-corrected chi connectivity index (χ4v) is 2.71. The number of aromatic carboxylic acids is 1. The summed E-state index contributed by atoms with van der Waals surface area (Å²) in [6.45, 7) is 0. The highest BCUT2D eigenvalue weighted by molar-refractivity contribution is 5.84. The van der Waals surface area contributed by atoms with E-state index in [-0.39, 0.29) is 11.7 Å². The maximum Gasteiger partial charge on any atom is 0.356 e. The fourth-order valence-electron chi connectivity index (χ4n) is 2.71. The molecule has 0 aliphatic heterocycles. The maximum atomic E-state index is 10.8. The number of fused-ring (bicyclic) bond motifs is 1. The molecule has 1 aromatic heterocycles. The van der Waals surface area contributed by atoms with Crippen LogP contribution in [0.3, 0.4) is 0 Å². The molecule has 0 radical (unpaired) electrons. The molecule has 1 aliphatic carbocycles. The van der Waals surface area contributed by atoms with Crippen LogP contribution in [-0.2, 0) is 6.42 Å². The summed E-state index contributed by atoms with van der Waals surface area (Å²) in [6, 6.07) is 8.67. The third-order valence-corrected chi connectivity index (χ3v) is 3.79. The zero-order valence-electron chi connectivity index (χ0n) is 11.2. The molecule has 1 atom stereocenters. The highest BCUT2D eigenvalue weighted by Gasteiger charge is 2.26. The third kappa shape index (κ3) is 2.11. The minimum atomic E-state index is -1.06. The molecule has 20 heavy (non-hydrogen) atoms. The highest BCUT2D eigenvalue weighted by Crippen LogP contribution is 2.36. The Balaban J connectivity index is 1.86. The molecule has 102 valence electrons. The van der Waals surface area contributed by atoms with Crippen LogP contribution >= 0.6 is 0 Å². The smallest absolute Gasteiger partial charge is 0.356 e. The lowest BCUT2D eigenvalue weighted by atomic mass is 10.1. The molecule has 1 heterocycles. The van der Waals surface area contributed by atoms with Gasteiger partial charge in [-0.05, 0) is 24.0 Å². The van der Waals surface area contributed by atoms with Crippen LogP contribution in [0.25, 0.3) is 0 Å². The van der Waals surface area contributed by atoms with Crippen LogP contribution in [-0.4, -0.2) is 28.1 Å². The summed E-state index contributed by atoms with van der Waals surface area (Å²) in [4.78, 5) is 21.0. The molecule has 5 nitrogen and oxygen atoms in total. The molecule has 0 saturated carbocycles. The molecular weight excluding hydrogens is 254 g/mol. The maximum absolute atomic E-state index is 10.8. The number of hydrogen-bond donors (Lipinski definition) is 1. The zero-order valence-corrected chi connectivity index (χ0v) is 11.2.